The average Bonchev–Trinajstić information content (AvgIpc) is 2.88. The van der Waals surface area contributed by atoms with Crippen molar-refractivity contribution < 1.29 is 4.74 Å². The Hall–Kier alpha value is -0.380. The van der Waals surface area contributed by atoms with Crippen molar-refractivity contribution in [2.24, 2.45) is 5.92 Å². The molecule has 1 aromatic rings. The van der Waals surface area contributed by atoms with Crippen LogP contribution in [0.15, 0.2) is 12.1 Å². The number of hydrogen-bond acceptors (Lipinski definition) is 3. The van der Waals surface area contributed by atoms with Gasteiger partial charge in [0.2, 0.25) is 0 Å². The van der Waals surface area contributed by atoms with Crippen molar-refractivity contribution in [1.29, 1.82) is 0 Å². The molecule has 2 saturated heterocycles. The second kappa shape index (κ2) is 5.32. The summed E-state index contributed by atoms with van der Waals surface area (Å²) in [6.45, 7) is 7.00. The normalized spacial score (nSPS) is 33.3. The molecule has 1 aromatic heterocycles. The van der Waals surface area contributed by atoms with Crippen molar-refractivity contribution in [2.75, 3.05) is 13.1 Å². The molecule has 0 spiro atoms. The smallest absolute Gasteiger partial charge is 0.114 e. The molecular formula is C15H23NOS. The summed E-state index contributed by atoms with van der Waals surface area (Å²) >= 11 is 1.94. The van der Waals surface area contributed by atoms with Gasteiger partial charge in [-0.2, -0.15) is 0 Å². The van der Waals surface area contributed by atoms with Gasteiger partial charge in [0, 0.05) is 22.8 Å². The van der Waals surface area contributed by atoms with E-state index >= 15 is 0 Å². The van der Waals surface area contributed by atoms with Gasteiger partial charge in [-0.3, -0.25) is 4.90 Å². The molecule has 3 atom stereocenters. The molecule has 2 aliphatic heterocycles. The molecule has 0 aromatic carbocycles. The van der Waals surface area contributed by atoms with Crippen molar-refractivity contribution in [3.8, 4) is 0 Å². The van der Waals surface area contributed by atoms with Crippen LogP contribution in [0, 0.1) is 5.92 Å². The lowest BCUT2D eigenvalue weighted by Gasteiger charge is -2.45. The van der Waals surface area contributed by atoms with Crippen LogP contribution in [0.4, 0.5) is 0 Å². The van der Waals surface area contributed by atoms with Gasteiger partial charge in [0.05, 0.1) is 6.10 Å². The SMILES string of the molecule is CCc1ccc([C@H]2CCN3CCC[C@@H](C)[C@H]3O2)s1. The van der Waals surface area contributed by atoms with Gasteiger partial charge >= 0.3 is 0 Å². The first kappa shape index (κ1) is 12.6. The van der Waals surface area contributed by atoms with Gasteiger partial charge in [-0.05, 0) is 43.7 Å². The maximum Gasteiger partial charge on any atom is 0.114 e. The number of thiophene rings is 1. The summed E-state index contributed by atoms with van der Waals surface area (Å²) in [6.07, 6.45) is 5.67. The van der Waals surface area contributed by atoms with Crippen LogP contribution in [0.25, 0.3) is 0 Å². The van der Waals surface area contributed by atoms with Gasteiger partial charge in [0.25, 0.3) is 0 Å². The van der Waals surface area contributed by atoms with Crippen LogP contribution in [0.3, 0.4) is 0 Å². The van der Waals surface area contributed by atoms with E-state index in [0.29, 0.717) is 18.2 Å². The molecule has 2 aliphatic rings. The van der Waals surface area contributed by atoms with Crippen molar-refractivity contribution in [1.82, 2.24) is 4.90 Å². The Labute approximate surface area is 114 Å². The van der Waals surface area contributed by atoms with Crippen molar-refractivity contribution in [3.63, 3.8) is 0 Å². The molecule has 100 valence electrons. The number of hydrogen-bond donors (Lipinski definition) is 0. The fraction of sp³-hybridized carbons (Fsp3) is 0.733. The molecular weight excluding hydrogens is 242 g/mol. The van der Waals surface area contributed by atoms with Crippen LogP contribution in [-0.2, 0) is 11.2 Å². The average molecular weight is 265 g/mol. The van der Waals surface area contributed by atoms with Crippen LogP contribution in [0.1, 0.15) is 49.0 Å². The summed E-state index contributed by atoms with van der Waals surface area (Å²) in [6, 6.07) is 4.54. The number of ether oxygens (including phenoxy) is 1. The second-order valence-electron chi connectivity index (χ2n) is 5.62. The zero-order valence-electron chi connectivity index (χ0n) is 11.4. The van der Waals surface area contributed by atoms with E-state index in [-0.39, 0.29) is 0 Å². The molecule has 0 amide bonds. The van der Waals surface area contributed by atoms with E-state index in [1.54, 1.807) is 0 Å². The second-order valence-corrected chi connectivity index (χ2v) is 6.82. The largest absolute Gasteiger partial charge is 0.354 e. The Morgan fingerprint density at radius 1 is 1.33 bits per heavy atom. The monoisotopic (exact) mass is 265 g/mol. The number of aryl methyl sites for hydroxylation is 1. The maximum atomic E-state index is 6.38. The zero-order chi connectivity index (χ0) is 12.5. The van der Waals surface area contributed by atoms with Crippen molar-refractivity contribution in [3.05, 3.63) is 21.9 Å². The molecule has 0 aliphatic carbocycles. The van der Waals surface area contributed by atoms with E-state index in [1.165, 1.54) is 35.7 Å². The Morgan fingerprint density at radius 2 is 2.22 bits per heavy atom. The predicted molar refractivity (Wildman–Crippen MR) is 75.9 cm³/mol. The lowest BCUT2D eigenvalue weighted by Crippen LogP contribution is -2.50. The van der Waals surface area contributed by atoms with Crippen LogP contribution in [0.5, 0.6) is 0 Å². The van der Waals surface area contributed by atoms with Crippen molar-refractivity contribution in [2.45, 2.75) is 51.9 Å². The fourth-order valence-corrected chi connectivity index (χ4v) is 4.22. The summed E-state index contributed by atoms with van der Waals surface area (Å²) in [5.41, 5.74) is 0. The van der Waals surface area contributed by atoms with Crippen LogP contribution in [-0.4, -0.2) is 24.2 Å². The zero-order valence-corrected chi connectivity index (χ0v) is 12.2. The highest BCUT2D eigenvalue weighted by Gasteiger charge is 2.35. The topological polar surface area (TPSA) is 12.5 Å². The minimum atomic E-state index is 0.345. The Morgan fingerprint density at radius 3 is 3.00 bits per heavy atom. The van der Waals surface area contributed by atoms with E-state index in [0.717, 1.165) is 12.8 Å². The molecule has 0 bridgehead atoms. The van der Waals surface area contributed by atoms with Gasteiger partial charge in [-0.1, -0.05) is 13.8 Å². The minimum Gasteiger partial charge on any atom is -0.354 e. The highest BCUT2D eigenvalue weighted by Crippen LogP contribution is 2.37. The summed E-state index contributed by atoms with van der Waals surface area (Å²) in [5, 5.41) is 0. The third-order valence-electron chi connectivity index (χ3n) is 4.28. The van der Waals surface area contributed by atoms with E-state index in [2.05, 4.69) is 30.9 Å². The van der Waals surface area contributed by atoms with E-state index in [9.17, 15) is 0 Å². The number of nitrogens with zero attached hydrogens (tertiary/aromatic N) is 1. The predicted octanol–water partition coefficient (Wildman–Crippen LogP) is 3.83. The molecule has 3 heteroatoms. The summed E-state index contributed by atoms with van der Waals surface area (Å²) < 4.78 is 6.38. The Bertz CT molecular complexity index is 403. The van der Waals surface area contributed by atoms with Gasteiger partial charge in [0.15, 0.2) is 0 Å². The number of piperidine rings is 1. The number of rotatable bonds is 2. The molecule has 3 heterocycles. The first-order chi connectivity index (χ1) is 8.78. The number of fused-ring (bicyclic) bond motifs is 1. The summed E-state index contributed by atoms with van der Waals surface area (Å²) in [4.78, 5) is 5.45. The molecule has 0 saturated carbocycles. The molecule has 2 fully saturated rings. The van der Waals surface area contributed by atoms with Gasteiger partial charge < -0.3 is 4.74 Å². The fourth-order valence-electron chi connectivity index (χ4n) is 3.19. The summed E-state index contributed by atoms with van der Waals surface area (Å²) in [7, 11) is 0. The van der Waals surface area contributed by atoms with Crippen LogP contribution < -0.4 is 0 Å². The molecule has 18 heavy (non-hydrogen) atoms. The standard InChI is InChI=1S/C15H23NOS/c1-3-12-6-7-14(18-12)13-8-10-16-9-4-5-11(2)15(16)17-13/h6-7,11,13,15H,3-5,8-10H2,1-2H3/t11-,13-,15-/m1/s1. The van der Waals surface area contributed by atoms with Crippen molar-refractivity contribution >= 4 is 11.3 Å². The third-order valence-corrected chi connectivity index (χ3v) is 5.60. The lowest BCUT2D eigenvalue weighted by molar-refractivity contribution is -0.177. The molecule has 0 N–H and O–H groups in total. The third kappa shape index (κ3) is 2.36. The molecule has 2 nitrogen and oxygen atoms in total. The first-order valence-corrected chi connectivity index (χ1v) is 8.07. The van der Waals surface area contributed by atoms with Gasteiger partial charge in [0.1, 0.15) is 6.23 Å². The van der Waals surface area contributed by atoms with E-state index in [1.807, 2.05) is 11.3 Å². The van der Waals surface area contributed by atoms with Crippen LogP contribution in [0.2, 0.25) is 0 Å². The van der Waals surface area contributed by atoms with Gasteiger partial charge in [-0.25, -0.2) is 0 Å². The Kier molecular flexibility index (Phi) is 3.73. The lowest BCUT2D eigenvalue weighted by atomic mass is 9.95. The molecule has 0 radical (unpaired) electrons. The summed E-state index contributed by atoms with van der Waals surface area (Å²) in [5.74, 6) is 0.687. The maximum absolute atomic E-state index is 6.38. The van der Waals surface area contributed by atoms with E-state index < -0.39 is 0 Å². The first-order valence-electron chi connectivity index (χ1n) is 7.26. The Balaban J connectivity index is 1.72. The molecule has 3 rings (SSSR count). The highest BCUT2D eigenvalue weighted by atomic mass is 32.1. The highest BCUT2D eigenvalue weighted by molar-refractivity contribution is 7.12. The molecule has 0 unspecified atom stereocenters. The quantitative estimate of drug-likeness (QED) is 0.806. The minimum absolute atomic E-state index is 0.345. The van der Waals surface area contributed by atoms with E-state index in [4.69, 9.17) is 4.74 Å². The van der Waals surface area contributed by atoms with Gasteiger partial charge in [-0.15, -0.1) is 11.3 Å². The van der Waals surface area contributed by atoms with Crippen LogP contribution >= 0.6 is 11.3 Å².